The van der Waals surface area contributed by atoms with Gasteiger partial charge in [-0.3, -0.25) is 9.69 Å². The van der Waals surface area contributed by atoms with E-state index in [9.17, 15) is 4.79 Å². The van der Waals surface area contributed by atoms with Crippen LogP contribution in [0.25, 0.3) is 11.0 Å². The molecule has 148 valence electrons. The Morgan fingerprint density at radius 1 is 1.26 bits per heavy atom. The van der Waals surface area contributed by atoms with Crippen LogP contribution < -0.4 is 5.32 Å². The van der Waals surface area contributed by atoms with Crippen molar-refractivity contribution < 1.29 is 9.53 Å². The number of hydrogen-bond donors (Lipinski definition) is 1. The lowest BCUT2D eigenvalue weighted by Gasteiger charge is -2.36. The van der Waals surface area contributed by atoms with Gasteiger partial charge in [-0.25, -0.2) is 9.67 Å². The predicted octanol–water partition coefficient (Wildman–Crippen LogP) is 2.41. The molecule has 1 saturated heterocycles. The SMILES string of the molecule is Cc1nc2c(cnn2C(C)C)cc1C(=O)NCC(C(C)C)N1CCOCC1. The average molecular weight is 374 g/mol. The van der Waals surface area contributed by atoms with Crippen molar-refractivity contribution in [3.05, 3.63) is 23.5 Å². The summed E-state index contributed by atoms with van der Waals surface area (Å²) in [6.45, 7) is 14.4. The molecule has 1 fully saturated rings. The monoisotopic (exact) mass is 373 g/mol. The number of hydrogen-bond acceptors (Lipinski definition) is 5. The maximum atomic E-state index is 12.8. The maximum Gasteiger partial charge on any atom is 0.253 e. The molecule has 0 bridgehead atoms. The molecule has 2 aromatic heterocycles. The van der Waals surface area contributed by atoms with E-state index >= 15 is 0 Å². The smallest absolute Gasteiger partial charge is 0.253 e. The number of ether oxygens (including phenoxy) is 1. The van der Waals surface area contributed by atoms with Gasteiger partial charge in [0.15, 0.2) is 5.65 Å². The van der Waals surface area contributed by atoms with Crippen molar-refractivity contribution in [2.75, 3.05) is 32.8 Å². The average Bonchev–Trinajstić information content (AvgIpc) is 3.04. The van der Waals surface area contributed by atoms with Crippen LogP contribution in [0.1, 0.15) is 49.8 Å². The number of nitrogens with one attached hydrogen (secondary N) is 1. The minimum absolute atomic E-state index is 0.0712. The van der Waals surface area contributed by atoms with Gasteiger partial charge < -0.3 is 10.1 Å². The molecule has 0 aromatic carbocycles. The first-order valence-electron chi connectivity index (χ1n) is 9.83. The summed E-state index contributed by atoms with van der Waals surface area (Å²) in [5, 5.41) is 8.42. The van der Waals surface area contributed by atoms with Gasteiger partial charge in [-0.05, 0) is 32.8 Å². The van der Waals surface area contributed by atoms with Crippen molar-refractivity contribution in [2.45, 2.75) is 46.7 Å². The normalized spacial score (nSPS) is 17.0. The van der Waals surface area contributed by atoms with E-state index in [1.807, 2.05) is 17.7 Å². The topological polar surface area (TPSA) is 72.3 Å². The highest BCUT2D eigenvalue weighted by atomic mass is 16.5. The van der Waals surface area contributed by atoms with Gasteiger partial charge in [0.25, 0.3) is 5.91 Å². The third-order valence-electron chi connectivity index (χ3n) is 5.25. The fourth-order valence-corrected chi connectivity index (χ4v) is 3.66. The number of rotatable bonds is 6. The summed E-state index contributed by atoms with van der Waals surface area (Å²) in [7, 11) is 0. The Balaban J connectivity index is 1.74. The number of amides is 1. The van der Waals surface area contributed by atoms with Gasteiger partial charge in [0.1, 0.15) is 0 Å². The summed E-state index contributed by atoms with van der Waals surface area (Å²) in [5.74, 6) is 0.382. The Morgan fingerprint density at radius 3 is 2.59 bits per heavy atom. The standard InChI is InChI=1S/C20H31N5O2/c1-13(2)18(24-6-8-27-9-7-24)12-21-20(26)17-10-16-11-22-25(14(3)4)19(16)23-15(17)5/h10-11,13-14,18H,6-9,12H2,1-5H3,(H,21,26). The Labute approximate surface area is 161 Å². The first-order chi connectivity index (χ1) is 12.9. The molecule has 3 rings (SSSR count). The Bertz CT molecular complexity index is 793. The fourth-order valence-electron chi connectivity index (χ4n) is 3.66. The quantitative estimate of drug-likeness (QED) is 0.842. The molecule has 1 N–H and O–H groups in total. The number of carbonyl (C=O) groups excluding carboxylic acids is 1. The zero-order chi connectivity index (χ0) is 19.6. The number of morpholine rings is 1. The molecular formula is C20H31N5O2. The summed E-state index contributed by atoms with van der Waals surface area (Å²) in [4.78, 5) is 19.9. The molecule has 27 heavy (non-hydrogen) atoms. The van der Waals surface area contributed by atoms with Crippen LogP contribution in [0, 0.1) is 12.8 Å². The Kier molecular flexibility index (Phi) is 6.11. The van der Waals surface area contributed by atoms with Gasteiger partial charge in [-0.15, -0.1) is 0 Å². The van der Waals surface area contributed by atoms with E-state index in [2.05, 4.69) is 48.0 Å². The van der Waals surface area contributed by atoms with Gasteiger partial charge in [-0.2, -0.15) is 5.10 Å². The van der Waals surface area contributed by atoms with Gasteiger partial charge in [-0.1, -0.05) is 13.8 Å². The minimum atomic E-state index is -0.0712. The molecule has 1 atom stereocenters. The second-order valence-corrected chi connectivity index (χ2v) is 7.89. The molecule has 1 amide bonds. The predicted molar refractivity (Wildman–Crippen MR) is 106 cm³/mol. The van der Waals surface area contributed by atoms with Gasteiger partial charge in [0.2, 0.25) is 0 Å². The summed E-state index contributed by atoms with van der Waals surface area (Å²) < 4.78 is 7.34. The summed E-state index contributed by atoms with van der Waals surface area (Å²) in [6, 6.07) is 2.44. The van der Waals surface area contributed by atoms with Crippen molar-refractivity contribution in [3.63, 3.8) is 0 Å². The fraction of sp³-hybridized carbons (Fsp3) is 0.650. The number of aryl methyl sites for hydroxylation is 1. The molecule has 1 aliphatic rings. The van der Waals surface area contributed by atoms with E-state index in [1.165, 1.54) is 0 Å². The molecule has 0 saturated carbocycles. The highest BCUT2D eigenvalue weighted by molar-refractivity contribution is 5.98. The van der Waals surface area contributed by atoms with E-state index in [0.29, 0.717) is 24.1 Å². The Morgan fingerprint density at radius 2 is 1.96 bits per heavy atom. The lowest BCUT2D eigenvalue weighted by molar-refractivity contribution is 0.00672. The minimum Gasteiger partial charge on any atom is -0.379 e. The highest BCUT2D eigenvalue weighted by Gasteiger charge is 2.25. The maximum absolute atomic E-state index is 12.8. The molecule has 1 aliphatic heterocycles. The number of aromatic nitrogens is 3. The lowest BCUT2D eigenvalue weighted by atomic mass is 10.0. The number of carbonyl (C=O) groups is 1. The molecule has 0 spiro atoms. The molecule has 7 nitrogen and oxygen atoms in total. The van der Waals surface area contributed by atoms with Crippen molar-refractivity contribution in [1.82, 2.24) is 25.0 Å². The largest absolute Gasteiger partial charge is 0.379 e. The zero-order valence-electron chi connectivity index (χ0n) is 17.0. The molecule has 7 heteroatoms. The highest BCUT2D eigenvalue weighted by Crippen LogP contribution is 2.19. The first-order valence-corrected chi connectivity index (χ1v) is 9.83. The van der Waals surface area contributed by atoms with Crippen LogP contribution in [-0.2, 0) is 4.74 Å². The van der Waals surface area contributed by atoms with Crippen molar-refractivity contribution in [3.8, 4) is 0 Å². The second kappa shape index (κ2) is 8.35. The van der Waals surface area contributed by atoms with E-state index < -0.39 is 0 Å². The van der Waals surface area contributed by atoms with Crippen molar-refractivity contribution in [2.24, 2.45) is 5.92 Å². The van der Waals surface area contributed by atoms with E-state index in [1.54, 1.807) is 6.20 Å². The molecular weight excluding hydrogens is 342 g/mol. The zero-order valence-corrected chi connectivity index (χ0v) is 17.0. The number of fused-ring (bicyclic) bond motifs is 1. The molecule has 2 aromatic rings. The van der Waals surface area contributed by atoms with Crippen molar-refractivity contribution >= 4 is 16.9 Å². The van der Waals surface area contributed by atoms with Crippen LogP contribution in [0.4, 0.5) is 0 Å². The number of pyridine rings is 1. The lowest BCUT2D eigenvalue weighted by Crippen LogP contribution is -2.51. The van der Waals surface area contributed by atoms with Crippen molar-refractivity contribution in [1.29, 1.82) is 0 Å². The van der Waals surface area contributed by atoms with Crippen LogP contribution >= 0.6 is 0 Å². The molecule has 0 aliphatic carbocycles. The van der Waals surface area contributed by atoms with E-state index in [4.69, 9.17) is 4.74 Å². The van der Waals surface area contributed by atoms with Crippen LogP contribution in [0.2, 0.25) is 0 Å². The third kappa shape index (κ3) is 4.30. The van der Waals surface area contributed by atoms with Gasteiger partial charge in [0, 0.05) is 37.1 Å². The first kappa shape index (κ1) is 19.8. The van der Waals surface area contributed by atoms with Crippen LogP contribution in [0.5, 0.6) is 0 Å². The van der Waals surface area contributed by atoms with Crippen LogP contribution in [0.15, 0.2) is 12.3 Å². The van der Waals surface area contributed by atoms with E-state index in [-0.39, 0.29) is 11.9 Å². The third-order valence-corrected chi connectivity index (χ3v) is 5.25. The van der Waals surface area contributed by atoms with E-state index in [0.717, 1.165) is 43.0 Å². The second-order valence-electron chi connectivity index (χ2n) is 7.89. The molecule has 1 unspecified atom stereocenters. The summed E-state index contributed by atoms with van der Waals surface area (Å²) in [5.41, 5.74) is 2.18. The molecule has 0 radical (unpaired) electrons. The Hall–Kier alpha value is -1.99. The van der Waals surface area contributed by atoms with Gasteiger partial charge in [0.05, 0.1) is 30.7 Å². The summed E-state index contributed by atoms with van der Waals surface area (Å²) >= 11 is 0. The number of nitrogens with zero attached hydrogens (tertiary/aromatic N) is 4. The summed E-state index contributed by atoms with van der Waals surface area (Å²) in [6.07, 6.45) is 1.78. The van der Waals surface area contributed by atoms with Gasteiger partial charge >= 0.3 is 0 Å². The van der Waals surface area contributed by atoms with Crippen LogP contribution in [-0.4, -0.2) is 64.5 Å². The van der Waals surface area contributed by atoms with Crippen LogP contribution in [0.3, 0.4) is 0 Å². The molecule has 3 heterocycles.